The molecule has 0 aliphatic heterocycles. The molecule has 4 heteroatoms. The van der Waals surface area contributed by atoms with Gasteiger partial charge in [-0.1, -0.05) is 6.92 Å². The van der Waals surface area contributed by atoms with E-state index < -0.39 is 0 Å². The predicted octanol–water partition coefficient (Wildman–Crippen LogP) is 0.247. The number of nitrogens with zero attached hydrogens (tertiary/aromatic N) is 1. The van der Waals surface area contributed by atoms with Crippen LogP contribution in [0.15, 0.2) is 0 Å². The Morgan fingerprint density at radius 2 is 2.31 bits per heavy atom. The van der Waals surface area contributed by atoms with E-state index in [0.29, 0.717) is 13.1 Å². The van der Waals surface area contributed by atoms with Crippen molar-refractivity contribution in [3.8, 4) is 6.07 Å². The van der Waals surface area contributed by atoms with Crippen LogP contribution in [0.5, 0.6) is 0 Å². The lowest BCUT2D eigenvalue weighted by Crippen LogP contribution is -2.36. The minimum Gasteiger partial charge on any atom is -0.355 e. The smallest absolute Gasteiger partial charge is 0.224 e. The first-order valence-electron chi connectivity index (χ1n) is 4.53. The molecule has 0 aliphatic carbocycles. The quantitative estimate of drug-likeness (QED) is 0.641. The van der Waals surface area contributed by atoms with Gasteiger partial charge in [0.25, 0.3) is 0 Å². The third-order valence-corrected chi connectivity index (χ3v) is 1.95. The second-order valence-corrected chi connectivity index (χ2v) is 3.12. The molecular formula is C9H17N3O. The highest BCUT2D eigenvalue weighted by molar-refractivity contribution is 5.78. The van der Waals surface area contributed by atoms with Gasteiger partial charge < -0.3 is 11.1 Å². The van der Waals surface area contributed by atoms with E-state index in [1.807, 2.05) is 13.0 Å². The molecule has 0 saturated carbocycles. The van der Waals surface area contributed by atoms with Crippen molar-refractivity contribution in [3.63, 3.8) is 0 Å². The fourth-order valence-corrected chi connectivity index (χ4v) is 0.903. The van der Waals surface area contributed by atoms with Crippen LogP contribution in [0.3, 0.4) is 0 Å². The zero-order chi connectivity index (χ0) is 10.3. The minimum atomic E-state index is -0.140. The SMILES string of the molecule is CCC(CN)C(=O)NCC(C)C#N. The largest absolute Gasteiger partial charge is 0.355 e. The van der Waals surface area contributed by atoms with Gasteiger partial charge in [0.1, 0.15) is 0 Å². The van der Waals surface area contributed by atoms with Crippen molar-refractivity contribution in [2.75, 3.05) is 13.1 Å². The first-order valence-corrected chi connectivity index (χ1v) is 4.53. The minimum absolute atomic E-state index is 0.0490. The summed E-state index contributed by atoms with van der Waals surface area (Å²) in [5.41, 5.74) is 5.40. The van der Waals surface area contributed by atoms with Crippen LogP contribution in [-0.2, 0) is 4.79 Å². The molecule has 0 spiro atoms. The van der Waals surface area contributed by atoms with Crippen LogP contribution >= 0.6 is 0 Å². The zero-order valence-corrected chi connectivity index (χ0v) is 8.21. The van der Waals surface area contributed by atoms with E-state index in [9.17, 15) is 4.79 Å². The lowest BCUT2D eigenvalue weighted by atomic mass is 10.1. The van der Waals surface area contributed by atoms with E-state index in [0.717, 1.165) is 6.42 Å². The van der Waals surface area contributed by atoms with Crippen LogP contribution in [-0.4, -0.2) is 19.0 Å². The number of carbonyl (C=O) groups is 1. The molecule has 0 fully saturated rings. The first kappa shape index (κ1) is 11.9. The highest BCUT2D eigenvalue weighted by Crippen LogP contribution is 1.99. The van der Waals surface area contributed by atoms with Crippen LogP contribution in [0.2, 0.25) is 0 Å². The third kappa shape index (κ3) is 4.48. The van der Waals surface area contributed by atoms with Crippen molar-refractivity contribution in [3.05, 3.63) is 0 Å². The number of hydrogen-bond donors (Lipinski definition) is 2. The maximum absolute atomic E-state index is 11.3. The van der Waals surface area contributed by atoms with Crippen molar-refractivity contribution >= 4 is 5.91 Å². The van der Waals surface area contributed by atoms with Crippen molar-refractivity contribution in [1.82, 2.24) is 5.32 Å². The number of amides is 1. The maximum atomic E-state index is 11.3. The van der Waals surface area contributed by atoms with E-state index in [2.05, 4.69) is 5.32 Å². The Morgan fingerprint density at radius 3 is 2.69 bits per heavy atom. The molecule has 0 heterocycles. The third-order valence-electron chi connectivity index (χ3n) is 1.95. The van der Waals surface area contributed by atoms with E-state index >= 15 is 0 Å². The molecule has 2 unspecified atom stereocenters. The summed E-state index contributed by atoms with van der Waals surface area (Å²) in [5, 5.41) is 11.2. The van der Waals surface area contributed by atoms with Crippen LogP contribution in [0.4, 0.5) is 0 Å². The van der Waals surface area contributed by atoms with Gasteiger partial charge in [-0.2, -0.15) is 5.26 Å². The van der Waals surface area contributed by atoms with Gasteiger partial charge in [-0.3, -0.25) is 4.79 Å². The number of nitrogens with one attached hydrogen (secondary N) is 1. The molecule has 3 N–H and O–H groups in total. The van der Waals surface area contributed by atoms with Gasteiger partial charge in [0, 0.05) is 19.0 Å². The normalized spacial score (nSPS) is 14.3. The van der Waals surface area contributed by atoms with Crippen molar-refractivity contribution in [1.29, 1.82) is 5.26 Å². The van der Waals surface area contributed by atoms with E-state index in [1.54, 1.807) is 6.92 Å². The molecular weight excluding hydrogens is 166 g/mol. The average molecular weight is 183 g/mol. The molecule has 1 amide bonds. The number of rotatable bonds is 5. The van der Waals surface area contributed by atoms with Crippen molar-refractivity contribution in [2.24, 2.45) is 17.6 Å². The number of carbonyl (C=O) groups excluding carboxylic acids is 1. The molecule has 74 valence electrons. The van der Waals surface area contributed by atoms with Crippen molar-refractivity contribution < 1.29 is 4.79 Å². The highest BCUT2D eigenvalue weighted by atomic mass is 16.1. The Balaban J connectivity index is 3.80. The summed E-state index contributed by atoms with van der Waals surface area (Å²) in [4.78, 5) is 11.3. The molecule has 0 aliphatic rings. The van der Waals surface area contributed by atoms with Crippen LogP contribution < -0.4 is 11.1 Å². The number of nitrogens with two attached hydrogens (primary N) is 1. The fraction of sp³-hybridized carbons (Fsp3) is 0.778. The summed E-state index contributed by atoms with van der Waals surface area (Å²) >= 11 is 0. The van der Waals surface area contributed by atoms with Gasteiger partial charge in [0.15, 0.2) is 0 Å². The summed E-state index contributed by atoms with van der Waals surface area (Å²) < 4.78 is 0. The van der Waals surface area contributed by atoms with E-state index in [1.165, 1.54) is 0 Å². The zero-order valence-electron chi connectivity index (χ0n) is 8.21. The van der Waals surface area contributed by atoms with E-state index in [-0.39, 0.29) is 17.7 Å². The molecule has 0 aromatic carbocycles. The summed E-state index contributed by atoms with van der Waals surface area (Å²) in [7, 11) is 0. The van der Waals surface area contributed by atoms with Gasteiger partial charge >= 0.3 is 0 Å². The maximum Gasteiger partial charge on any atom is 0.224 e. The Kier molecular flexibility index (Phi) is 5.90. The predicted molar refractivity (Wildman–Crippen MR) is 50.6 cm³/mol. The molecule has 4 nitrogen and oxygen atoms in total. The molecule has 2 atom stereocenters. The number of hydrogen-bond acceptors (Lipinski definition) is 3. The lowest BCUT2D eigenvalue weighted by Gasteiger charge is -2.12. The summed E-state index contributed by atoms with van der Waals surface area (Å²) in [6.45, 7) is 4.46. The first-order chi connectivity index (χ1) is 6.15. The summed E-state index contributed by atoms with van der Waals surface area (Å²) in [6, 6.07) is 2.05. The van der Waals surface area contributed by atoms with Gasteiger partial charge in [-0.05, 0) is 13.3 Å². The molecule has 0 aromatic heterocycles. The standard InChI is InChI=1S/C9H17N3O/c1-3-8(5-11)9(13)12-6-7(2)4-10/h7-8H,3,5-6,11H2,1-2H3,(H,12,13). The Morgan fingerprint density at radius 1 is 1.69 bits per heavy atom. The highest BCUT2D eigenvalue weighted by Gasteiger charge is 2.14. The van der Waals surface area contributed by atoms with Gasteiger partial charge in [0.05, 0.1) is 12.0 Å². The average Bonchev–Trinajstić information content (AvgIpc) is 2.16. The Labute approximate surface area is 79.1 Å². The monoisotopic (exact) mass is 183 g/mol. The fourth-order valence-electron chi connectivity index (χ4n) is 0.903. The molecule has 0 rings (SSSR count). The van der Waals surface area contributed by atoms with Crippen molar-refractivity contribution in [2.45, 2.75) is 20.3 Å². The van der Waals surface area contributed by atoms with Gasteiger partial charge in [-0.15, -0.1) is 0 Å². The van der Waals surface area contributed by atoms with Crippen LogP contribution in [0.25, 0.3) is 0 Å². The number of nitriles is 1. The molecule has 0 bridgehead atoms. The summed E-state index contributed by atoms with van der Waals surface area (Å²) in [5.74, 6) is -0.308. The lowest BCUT2D eigenvalue weighted by molar-refractivity contribution is -0.124. The second kappa shape index (κ2) is 6.44. The molecule has 0 aromatic rings. The second-order valence-electron chi connectivity index (χ2n) is 3.12. The van der Waals surface area contributed by atoms with Crippen LogP contribution in [0, 0.1) is 23.2 Å². The van der Waals surface area contributed by atoms with Crippen LogP contribution in [0.1, 0.15) is 20.3 Å². The molecule has 13 heavy (non-hydrogen) atoms. The topological polar surface area (TPSA) is 78.9 Å². The Bertz CT molecular complexity index is 194. The van der Waals surface area contributed by atoms with Gasteiger partial charge in [0.2, 0.25) is 5.91 Å². The molecule has 0 saturated heterocycles. The van der Waals surface area contributed by atoms with Gasteiger partial charge in [-0.25, -0.2) is 0 Å². The summed E-state index contributed by atoms with van der Waals surface area (Å²) in [6.07, 6.45) is 0.739. The van der Waals surface area contributed by atoms with E-state index in [4.69, 9.17) is 11.0 Å². The Hall–Kier alpha value is -1.08. The molecule has 0 radical (unpaired) electrons.